The van der Waals surface area contributed by atoms with Gasteiger partial charge in [0.1, 0.15) is 6.17 Å². The van der Waals surface area contributed by atoms with Crippen LogP contribution in [-0.2, 0) is 0 Å². The Bertz CT molecular complexity index is 847. The Morgan fingerprint density at radius 3 is 2.67 bits per heavy atom. The molecule has 2 aromatic rings. The highest BCUT2D eigenvalue weighted by molar-refractivity contribution is 6.02. The van der Waals surface area contributed by atoms with Crippen molar-refractivity contribution in [3.8, 4) is 0 Å². The van der Waals surface area contributed by atoms with Crippen molar-refractivity contribution in [3.63, 3.8) is 0 Å². The highest BCUT2D eigenvalue weighted by Gasteiger charge is 2.42. The average Bonchev–Trinajstić information content (AvgIpc) is 3.51. The Labute approximate surface area is 160 Å². The number of nitrogens with one attached hydrogen (secondary N) is 1. The smallest absolute Gasteiger partial charge is 0.258 e. The van der Waals surface area contributed by atoms with Gasteiger partial charge < -0.3 is 20.2 Å². The van der Waals surface area contributed by atoms with E-state index in [1.165, 1.54) is 0 Å². The number of hydrogen-bond donors (Lipinski definition) is 2. The summed E-state index contributed by atoms with van der Waals surface area (Å²) < 4.78 is 0. The maximum atomic E-state index is 13.1. The average molecular weight is 365 g/mol. The monoisotopic (exact) mass is 365 g/mol. The van der Waals surface area contributed by atoms with Crippen LogP contribution in [0.2, 0.25) is 0 Å². The van der Waals surface area contributed by atoms with Crippen LogP contribution in [0.15, 0.2) is 42.5 Å². The Hall–Kier alpha value is -2.53. The lowest BCUT2D eigenvalue weighted by molar-refractivity contribution is 0.0666. The maximum absolute atomic E-state index is 13.1. The van der Waals surface area contributed by atoms with Crippen LogP contribution >= 0.6 is 0 Å². The van der Waals surface area contributed by atoms with Crippen molar-refractivity contribution in [3.05, 3.63) is 59.2 Å². The van der Waals surface area contributed by atoms with Crippen molar-refractivity contribution in [1.29, 1.82) is 0 Å². The minimum atomic E-state index is -0.137. The van der Waals surface area contributed by atoms with Crippen molar-refractivity contribution in [1.82, 2.24) is 4.90 Å². The van der Waals surface area contributed by atoms with Gasteiger partial charge in [0, 0.05) is 30.5 Å². The van der Waals surface area contributed by atoms with E-state index in [-0.39, 0.29) is 18.7 Å². The van der Waals surface area contributed by atoms with E-state index in [9.17, 15) is 9.90 Å². The van der Waals surface area contributed by atoms with Crippen LogP contribution in [0.25, 0.3) is 0 Å². The van der Waals surface area contributed by atoms with Gasteiger partial charge in [-0.25, -0.2) is 0 Å². The number of anilines is 2. The van der Waals surface area contributed by atoms with Gasteiger partial charge in [-0.2, -0.15) is 0 Å². The Kier molecular flexibility index (Phi) is 4.79. The van der Waals surface area contributed by atoms with E-state index in [1.54, 1.807) is 0 Å². The molecule has 1 aliphatic carbocycles. The van der Waals surface area contributed by atoms with Gasteiger partial charge >= 0.3 is 0 Å². The molecule has 2 aromatic carbocycles. The molecule has 1 heterocycles. The number of aryl methyl sites for hydroxylation is 1. The molecule has 5 heteroatoms. The number of amides is 1. The number of carbonyl (C=O) groups is 1. The second-order valence-electron chi connectivity index (χ2n) is 7.38. The first-order chi connectivity index (χ1) is 13.1. The Morgan fingerprint density at radius 1 is 1.22 bits per heavy atom. The molecule has 27 heavy (non-hydrogen) atoms. The minimum Gasteiger partial charge on any atom is -0.395 e. The Balaban J connectivity index is 1.70. The number of benzene rings is 2. The molecule has 1 amide bonds. The molecule has 1 atom stereocenters. The van der Waals surface area contributed by atoms with Gasteiger partial charge in [-0.05, 0) is 62.1 Å². The highest BCUT2D eigenvalue weighted by atomic mass is 16.3. The molecule has 1 unspecified atom stereocenters. The maximum Gasteiger partial charge on any atom is 0.258 e. The zero-order chi connectivity index (χ0) is 19.0. The molecule has 5 nitrogen and oxygen atoms in total. The first-order valence-corrected chi connectivity index (χ1v) is 9.78. The number of fused-ring (bicyclic) bond motifs is 1. The number of rotatable bonds is 6. The standard InChI is InChI=1S/C22H27N3O2/c1-3-24(12-13-26)17-10-11-18(15(2)14-17)21-23-20-7-5-4-6-19(20)22(27)25(21)16-8-9-16/h4-7,10-11,14,16,21,23,26H,3,8-9,12-13H2,1-2H3. The van der Waals surface area contributed by atoms with E-state index >= 15 is 0 Å². The summed E-state index contributed by atoms with van der Waals surface area (Å²) in [4.78, 5) is 17.3. The zero-order valence-electron chi connectivity index (χ0n) is 16.0. The van der Waals surface area contributed by atoms with Gasteiger partial charge in [-0.1, -0.05) is 18.2 Å². The third kappa shape index (κ3) is 3.28. The van der Waals surface area contributed by atoms with Gasteiger partial charge in [0.15, 0.2) is 0 Å². The number of aliphatic hydroxyl groups is 1. The van der Waals surface area contributed by atoms with E-state index in [0.717, 1.165) is 47.5 Å². The quantitative estimate of drug-likeness (QED) is 0.822. The second-order valence-corrected chi connectivity index (χ2v) is 7.38. The van der Waals surface area contributed by atoms with Crippen LogP contribution in [0.5, 0.6) is 0 Å². The molecule has 1 saturated carbocycles. The van der Waals surface area contributed by atoms with Gasteiger partial charge in [0.05, 0.1) is 12.2 Å². The largest absolute Gasteiger partial charge is 0.395 e. The first-order valence-electron chi connectivity index (χ1n) is 9.78. The summed E-state index contributed by atoms with van der Waals surface area (Å²) in [6.45, 7) is 5.80. The number of likely N-dealkylation sites (N-methyl/N-ethyl adjacent to an activating group) is 1. The van der Waals surface area contributed by atoms with Crippen molar-refractivity contribution in [2.24, 2.45) is 0 Å². The van der Waals surface area contributed by atoms with Crippen molar-refractivity contribution >= 4 is 17.3 Å². The molecule has 2 aliphatic rings. The lowest BCUT2D eigenvalue weighted by atomic mass is 9.99. The van der Waals surface area contributed by atoms with Gasteiger partial charge in [-0.15, -0.1) is 0 Å². The normalized spacial score (nSPS) is 18.9. The lowest BCUT2D eigenvalue weighted by Crippen LogP contribution is -2.44. The fourth-order valence-corrected chi connectivity index (χ4v) is 3.98. The topological polar surface area (TPSA) is 55.8 Å². The third-order valence-electron chi connectivity index (χ3n) is 5.57. The number of hydrogen-bond acceptors (Lipinski definition) is 4. The summed E-state index contributed by atoms with van der Waals surface area (Å²) in [6.07, 6.45) is 2.01. The van der Waals surface area contributed by atoms with Gasteiger partial charge in [0.2, 0.25) is 0 Å². The van der Waals surface area contributed by atoms with Crippen molar-refractivity contribution < 1.29 is 9.90 Å². The fraction of sp³-hybridized carbons (Fsp3) is 0.409. The number of aliphatic hydroxyl groups excluding tert-OH is 1. The highest BCUT2D eigenvalue weighted by Crippen LogP contribution is 2.41. The number of para-hydroxylation sites is 1. The first kappa shape index (κ1) is 17.9. The van der Waals surface area contributed by atoms with Crippen LogP contribution in [0.3, 0.4) is 0 Å². The summed E-state index contributed by atoms with van der Waals surface area (Å²) in [5.41, 5.74) is 5.06. The van der Waals surface area contributed by atoms with E-state index in [1.807, 2.05) is 29.2 Å². The molecule has 2 N–H and O–H groups in total. The van der Waals surface area contributed by atoms with Crippen LogP contribution in [0.1, 0.15) is 47.4 Å². The summed E-state index contributed by atoms with van der Waals surface area (Å²) >= 11 is 0. The van der Waals surface area contributed by atoms with E-state index in [2.05, 4.69) is 42.3 Å². The molecule has 142 valence electrons. The summed E-state index contributed by atoms with van der Waals surface area (Å²) in [6, 6.07) is 14.5. The summed E-state index contributed by atoms with van der Waals surface area (Å²) in [7, 11) is 0. The molecule has 0 spiro atoms. The van der Waals surface area contributed by atoms with Gasteiger partial charge in [-0.3, -0.25) is 4.79 Å². The minimum absolute atomic E-state index is 0.121. The molecule has 0 radical (unpaired) electrons. The van der Waals surface area contributed by atoms with E-state index in [0.29, 0.717) is 12.6 Å². The van der Waals surface area contributed by atoms with Crippen LogP contribution in [0, 0.1) is 6.92 Å². The Morgan fingerprint density at radius 2 is 2.00 bits per heavy atom. The number of carbonyl (C=O) groups excluding carboxylic acids is 1. The molecule has 4 rings (SSSR count). The molecular weight excluding hydrogens is 338 g/mol. The van der Waals surface area contributed by atoms with Crippen molar-refractivity contribution in [2.75, 3.05) is 29.9 Å². The molecular formula is C22H27N3O2. The predicted molar refractivity (Wildman–Crippen MR) is 108 cm³/mol. The van der Waals surface area contributed by atoms with E-state index in [4.69, 9.17) is 0 Å². The number of nitrogens with zero attached hydrogens (tertiary/aromatic N) is 2. The van der Waals surface area contributed by atoms with Crippen LogP contribution < -0.4 is 10.2 Å². The van der Waals surface area contributed by atoms with Gasteiger partial charge in [0.25, 0.3) is 5.91 Å². The van der Waals surface area contributed by atoms with Crippen LogP contribution in [-0.4, -0.2) is 41.7 Å². The fourth-order valence-electron chi connectivity index (χ4n) is 3.98. The second kappa shape index (κ2) is 7.24. The molecule has 1 aliphatic heterocycles. The molecule has 1 fully saturated rings. The zero-order valence-corrected chi connectivity index (χ0v) is 16.0. The third-order valence-corrected chi connectivity index (χ3v) is 5.57. The SMILES string of the molecule is CCN(CCO)c1ccc(C2Nc3ccccc3C(=O)N2C2CC2)c(C)c1. The predicted octanol–water partition coefficient (Wildman–Crippen LogP) is 3.54. The van der Waals surface area contributed by atoms with Crippen molar-refractivity contribution in [2.45, 2.75) is 38.9 Å². The summed E-state index contributed by atoms with van der Waals surface area (Å²) in [5.74, 6) is 0.121. The molecule has 0 aromatic heterocycles. The van der Waals surface area contributed by atoms with E-state index < -0.39 is 0 Å². The summed E-state index contributed by atoms with van der Waals surface area (Å²) in [5, 5.41) is 12.9. The lowest BCUT2D eigenvalue weighted by Gasteiger charge is -2.39. The van der Waals surface area contributed by atoms with Crippen LogP contribution in [0.4, 0.5) is 11.4 Å². The molecule has 0 saturated heterocycles. The molecule has 0 bridgehead atoms.